The van der Waals surface area contributed by atoms with Gasteiger partial charge in [0.1, 0.15) is 0 Å². The molecule has 0 radical (unpaired) electrons. The van der Waals surface area contributed by atoms with Crippen molar-refractivity contribution >= 4 is 5.91 Å². The number of aliphatic hydroxyl groups excluding tert-OH is 1. The molecule has 0 spiro atoms. The van der Waals surface area contributed by atoms with E-state index < -0.39 is 0 Å². The van der Waals surface area contributed by atoms with Crippen molar-refractivity contribution in [3.05, 3.63) is 0 Å². The second kappa shape index (κ2) is 7.74. The Labute approximate surface area is 111 Å². The first-order valence-corrected chi connectivity index (χ1v) is 7.09. The molecule has 1 aliphatic rings. The van der Waals surface area contributed by atoms with Gasteiger partial charge in [0.2, 0.25) is 5.91 Å². The third-order valence-corrected chi connectivity index (χ3v) is 4.03. The van der Waals surface area contributed by atoms with Gasteiger partial charge in [0.05, 0.1) is 6.54 Å². The molecule has 1 N–H and O–H groups in total. The van der Waals surface area contributed by atoms with Crippen LogP contribution in [0.15, 0.2) is 0 Å². The van der Waals surface area contributed by atoms with Gasteiger partial charge < -0.3 is 10.0 Å². The third-order valence-electron chi connectivity index (χ3n) is 4.03. The summed E-state index contributed by atoms with van der Waals surface area (Å²) < 4.78 is 0. The minimum atomic E-state index is 0.189. The predicted molar refractivity (Wildman–Crippen MR) is 73.4 cm³/mol. The first-order valence-electron chi connectivity index (χ1n) is 7.09. The summed E-state index contributed by atoms with van der Waals surface area (Å²) in [6.07, 6.45) is 5.49. The van der Waals surface area contributed by atoms with Gasteiger partial charge in [-0.1, -0.05) is 6.92 Å². The molecule has 0 unspecified atom stereocenters. The Morgan fingerprint density at radius 3 is 2.39 bits per heavy atom. The summed E-state index contributed by atoms with van der Waals surface area (Å²) in [6, 6.07) is 0.431. The lowest BCUT2D eigenvalue weighted by atomic mass is 9.87. The van der Waals surface area contributed by atoms with Crippen LogP contribution in [0, 0.1) is 5.92 Å². The highest BCUT2D eigenvalue weighted by Gasteiger charge is 2.24. The van der Waals surface area contributed by atoms with Crippen LogP contribution in [0.3, 0.4) is 0 Å². The quantitative estimate of drug-likeness (QED) is 0.780. The maximum Gasteiger partial charge on any atom is 0.236 e. The van der Waals surface area contributed by atoms with Crippen molar-refractivity contribution in [3.8, 4) is 0 Å². The van der Waals surface area contributed by atoms with Crippen molar-refractivity contribution in [2.24, 2.45) is 5.92 Å². The van der Waals surface area contributed by atoms with E-state index in [1.54, 1.807) is 0 Å². The normalized spacial score (nSPS) is 24.3. The fraction of sp³-hybridized carbons (Fsp3) is 0.929. The molecular weight excluding hydrogens is 228 g/mol. The van der Waals surface area contributed by atoms with Crippen LogP contribution in [0.25, 0.3) is 0 Å². The van der Waals surface area contributed by atoms with Gasteiger partial charge in [0, 0.05) is 26.2 Å². The fourth-order valence-corrected chi connectivity index (χ4v) is 2.60. The van der Waals surface area contributed by atoms with Crippen LogP contribution < -0.4 is 0 Å². The Bertz CT molecular complexity index is 250. The largest absolute Gasteiger partial charge is 0.396 e. The highest BCUT2D eigenvalue weighted by Crippen LogP contribution is 2.26. The number of nitrogens with zero attached hydrogens (tertiary/aromatic N) is 2. The molecule has 1 amide bonds. The number of hydrogen-bond donors (Lipinski definition) is 1. The smallest absolute Gasteiger partial charge is 0.236 e. The number of carbonyl (C=O) groups excluding carboxylic acids is 1. The third kappa shape index (κ3) is 4.94. The van der Waals surface area contributed by atoms with E-state index in [4.69, 9.17) is 5.11 Å². The summed E-state index contributed by atoms with van der Waals surface area (Å²) in [5.74, 6) is 1.02. The number of likely N-dealkylation sites (N-methyl/N-ethyl adjacent to an activating group) is 2. The van der Waals surface area contributed by atoms with Crippen LogP contribution in [0.2, 0.25) is 0 Å². The fourth-order valence-electron chi connectivity index (χ4n) is 2.60. The van der Waals surface area contributed by atoms with E-state index in [1.807, 2.05) is 23.9 Å². The number of carbonyl (C=O) groups is 1. The molecule has 1 rings (SSSR count). The van der Waals surface area contributed by atoms with Crippen molar-refractivity contribution in [1.29, 1.82) is 0 Å². The van der Waals surface area contributed by atoms with Crippen LogP contribution >= 0.6 is 0 Å². The summed E-state index contributed by atoms with van der Waals surface area (Å²) in [4.78, 5) is 16.0. The Balaban J connectivity index is 2.32. The summed E-state index contributed by atoms with van der Waals surface area (Å²) in [6.45, 7) is 3.72. The van der Waals surface area contributed by atoms with Crippen molar-refractivity contribution < 1.29 is 9.90 Å². The van der Waals surface area contributed by atoms with Gasteiger partial charge in [-0.2, -0.15) is 0 Å². The van der Waals surface area contributed by atoms with Gasteiger partial charge >= 0.3 is 0 Å². The summed E-state index contributed by atoms with van der Waals surface area (Å²) >= 11 is 0. The molecule has 0 aromatic heterocycles. The average molecular weight is 256 g/mol. The molecule has 106 valence electrons. The number of hydrogen-bond acceptors (Lipinski definition) is 3. The van der Waals surface area contributed by atoms with Gasteiger partial charge in [0.25, 0.3) is 0 Å². The summed E-state index contributed by atoms with van der Waals surface area (Å²) in [7, 11) is 3.87. The van der Waals surface area contributed by atoms with Crippen LogP contribution in [-0.2, 0) is 4.79 Å². The van der Waals surface area contributed by atoms with Crippen LogP contribution in [0.4, 0.5) is 0 Å². The molecule has 0 aromatic rings. The van der Waals surface area contributed by atoms with E-state index in [1.165, 1.54) is 12.8 Å². The van der Waals surface area contributed by atoms with Gasteiger partial charge in [-0.15, -0.1) is 0 Å². The molecular formula is C14H28N2O2. The minimum Gasteiger partial charge on any atom is -0.396 e. The van der Waals surface area contributed by atoms with E-state index >= 15 is 0 Å². The first-order chi connectivity index (χ1) is 8.54. The molecule has 0 saturated heterocycles. The molecule has 4 heteroatoms. The van der Waals surface area contributed by atoms with E-state index in [-0.39, 0.29) is 12.5 Å². The number of rotatable bonds is 6. The van der Waals surface area contributed by atoms with Crippen molar-refractivity contribution in [3.63, 3.8) is 0 Å². The zero-order chi connectivity index (χ0) is 13.5. The van der Waals surface area contributed by atoms with Crippen molar-refractivity contribution in [2.45, 2.75) is 45.1 Å². The SMILES string of the molecule is CC1CCC(N(C)C(=O)CN(C)CCCO)CC1. The van der Waals surface area contributed by atoms with E-state index in [0.29, 0.717) is 12.6 Å². The lowest BCUT2D eigenvalue weighted by Crippen LogP contribution is -2.44. The van der Waals surface area contributed by atoms with Gasteiger partial charge in [-0.25, -0.2) is 0 Å². The lowest BCUT2D eigenvalue weighted by Gasteiger charge is -2.34. The standard InChI is InChI=1S/C14H28N2O2/c1-12-5-7-13(8-6-12)16(3)14(18)11-15(2)9-4-10-17/h12-13,17H,4-11H2,1-3H3. The molecule has 1 fully saturated rings. The number of aliphatic hydroxyl groups is 1. The zero-order valence-electron chi connectivity index (χ0n) is 12.1. The maximum atomic E-state index is 12.1. The minimum absolute atomic E-state index is 0.189. The second-order valence-electron chi connectivity index (χ2n) is 5.73. The van der Waals surface area contributed by atoms with Crippen molar-refractivity contribution in [2.75, 3.05) is 33.8 Å². The Hall–Kier alpha value is -0.610. The Morgan fingerprint density at radius 2 is 1.83 bits per heavy atom. The molecule has 18 heavy (non-hydrogen) atoms. The monoisotopic (exact) mass is 256 g/mol. The molecule has 4 nitrogen and oxygen atoms in total. The van der Waals surface area contributed by atoms with Gasteiger partial charge in [-0.05, 0) is 45.1 Å². The number of amides is 1. The highest BCUT2D eigenvalue weighted by atomic mass is 16.3. The highest BCUT2D eigenvalue weighted by molar-refractivity contribution is 5.78. The second-order valence-corrected chi connectivity index (χ2v) is 5.73. The van der Waals surface area contributed by atoms with Crippen LogP contribution in [-0.4, -0.2) is 60.6 Å². The Kier molecular flexibility index (Phi) is 6.65. The average Bonchev–Trinajstić information content (AvgIpc) is 2.36. The van der Waals surface area contributed by atoms with Gasteiger partial charge in [-0.3, -0.25) is 9.69 Å². The van der Waals surface area contributed by atoms with E-state index in [0.717, 1.165) is 31.7 Å². The van der Waals surface area contributed by atoms with E-state index in [2.05, 4.69) is 6.92 Å². The van der Waals surface area contributed by atoms with Gasteiger partial charge in [0.15, 0.2) is 0 Å². The van der Waals surface area contributed by atoms with E-state index in [9.17, 15) is 4.79 Å². The lowest BCUT2D eigenvalue weighted by molar-refractivity contribution is -0.133. The molecule has 0 bridgehead atoms. The van der Waals surface area contributed by atoms with Crippen LogP contribution in [0.5, 0.6) is 0 Å². The molecule has 0 aliphatic heterocycles. The Morgan fingerprint density at radius 1 is 1.22 bits per heavy atom. The van der Waals surface area contributed by atoms with Crippen LogP contribution in [0.1, 0.15) is 39.0 Å². The predicted octanol–water partition coefficient (Wildman–Crippen LogP) is 1.34. The topological polar surface area (TPSA) is 43.8 Å². The molecule has 0 atom stereocenters. The summed E-state index contributed by atoms with van der Waals surface area (Å²) in [5.41, 5.74) is 0. The van der Waals surface area contributed by atoms with Crippen molar-refractivity contribution in [1.82, 2.24) is 9.80 Å². The molecule has 0 heterocycles. The molecule has 1 saturated carbocycles. The molecule has 1 aliphatic carbocycles. The molecule has 0 aromatic carbocycles. The maximum absolute atomic E-state index is 12.1. The zero-order valence-corrected chi connectivity index (χ0v) is 12.1. The first kappa shape index (κ1) is 15.4. The summed E-state index contributed by atoms with van der Waals surface area (Å²) in [5, 5.41) is 8.77.